The van der Waals surface area contributed by atoms with E-state index >= 15 is 0 Å². The van der Waals surface area contributed by atoms with E-state index in [1.54, 1.807) is 12.1 Å². The maximum Gasteiger partial charge on any atom is 0.146 e. The molecule has 0 spiro atoms. The third kappa shape index (κ3) is 3.46. The minimum Gasteiger partial charge on any atom is -0.396 e. The summed E-state index contributed by atoms with van der Waals surface area (Å²) >= 11 is 0. The molecule has 1 aliphatic carbocycles. The van der Waals surface area contributed by atoms with Gasteiger partial charge in [-0.15, -0.1) is 0 Å². The Hall–Kier alpha value is -2.54. The minimum absolute atomic E-state index is 0.158. The molecule has 0 amide bonds. The third-order valence-electron chi connectivity index (χ3n) is 4.92. The molecule has 25 heavy (non-hydrogen) atoms. The summed E-state index contributed by atoms with van der Waals surface area (Å²) in [5.41, 5.74) is 11.0. The van der Waals surface area contributed by atoms with E-state index < -0.39 is 5.82 Å². The highest BCUT2D eigenvalue weighted by molar-refractivity contribution is 5.74. The van der Waals surface area contributed by atoms with Crippen LogP contribution in [-0.2, 0) is 12.8 Å². The second-order valence-electron chi connectivity index (χ2n) is 6.68. The molecule has 0 bridgehead atoms. The van der Waals surface area contributed by atoms with Gasteiger partial charge in [-0.2, -0.15) is 5.26 Å². The van der Waals surface area contributed by atoms with Crippen molar-refractivity contribution >= 4 is 17.1 Å². The summed E-state index contributed by atoms with van der Waals surface area (Å²) in [6, 6.07) is 11.2. The van der Waals surface area contributed by atoms with Gasteiger partial charge in [0.15, 0.2) is 0 Å². The zero-order valence-corrected chi connectivity index (χ0v) is 14.8. The van der Waals surface area contributed by atoms with Crippen LogP contribution in [0.15, 0.2) is 30.3 Å². The van der Waals surface area contributed by atoms with Gasteiger partial charge >= 0.3 is 0 Å². The summed E-state index contributed by atoms with van der Waals surface area (Å²) in [5, 5.41) is 9.53. The van der Waals surface area contributed by atoms with E-state index in [1.165, 1.54) is 24.5 Å². The quantitative estimate of drug-likeness (QED) is 0.759. The van der Waals surface area contributed by atoms with Gasteiger partial charge < -0.3 is 10.6 Å². The number of hydrogen-bond donors (Lipinski definition) is 1. The lowest BCUT2D eigenvalue weighted by Gasteiger charge is -2.30. The highest BCUT2D eigenvalue weighted by Crippen LogP contribution is 2.40. The van der Waals surface area contributed by atoms with Gasteiger partial charge in [0.25, 0.3) is 0 Å². The molecular weight excluding hydrogens is 313 g/mol. The highest BCUT2D eigenvalue weighted by atomic mass is 19.1. The maximum atomic E-state index is 13.7. The Labute approximate surface area is 148 Å². The molecule has 3 rings (SSSR count). The number of nitrogen functional groups attached to an aromatic ring is 1. The molecule has 2 aromatic carbocycles. The van der Waals surface area contributed by atoms with Crippen molar-refractivity contribution in [1.29, 1.82) is 5.26 Å². The summed E-state index contributed by atoms with van der Waals surface area (Å²) < 4.78 is 13.7. The summed E-state index contributed by atoms with van der Waals surface area (Å²) in [6.07, 6.45) is 4.10. The number of nitriles is 1. The zero-order chi connectivity index (χ0) is 18.0. The Balaban J connectivity index is 2.19. The van der Waals surface area contributed by atoms with Gasteiger partial charge in [-0.25, -0.2) is 4.39 Å². The van der Waals surface area contributed by atoms with Crippen molar-refractivity contribution in [1.82, 2.24) is 0 Å². The van der Waals surface area contributed by atoms with Crippen LogP contribution in [0, 0.1) is 23.1 Å². The average Bonchev–Trinajstić information content (AvgIpc) is 3.45. The van der Waals surface area contributed by atoms with E-state index in [-0.39, 0.29) is 5.69 Å². The van der Waals surface area contributed by atoms with Gasteiger partial charge in [0, 0.05) is 17.9 Å². The molecule has 0 radical (unpaired) electrons. The molecule has 0 heterocycles. The van der Waals surface area contributed by atoms with Crippen molar-refractivity contribution in [2.24, 2.45) is 5.92 Å². The van der Waals surface area contributed by atoms with Gasteiger partial charge in [-0.3, -0.25) is 0 Å². The molecule has 1 aliphatic rings. The molecule has 0 aliphatic heterocycles. The first-order chi connectivity index (χ1) is 12.1. The lowest BCUT2D eigenvalue weighted by Crippen LogP contribution is -2.23. The van der Waals surface area contributed by atoms with E-state index in [9.17, 15) is 9.65 Å². The number of anilines is 3. The van der Waals surface area contributed by atoms with Crippen LogP contribution in [0.2, 0.25) is 0 Å². The molecule has 0 aromatic heterocycles. The van der Waals surface area contributed by atoms with E-state index in [2.05, 4.69) is 24.8 Å². The van der Waals surface area contributed by atoms with Crippen molar-refractivity contribution in [3.05, 3.63) is 52.8 Å². The van der Waals surface area contributed by atoms with Gasteiger partial charge in [0.2, 0.25) is 0 Å². The summed E-state index contributed by atoms with van der Waals surface area (Å²) in [7, 11) is 0. The lowest BCUT2D eigenvalue weighted by molar-refractivity contribution is 0.632. The van der Waals surface area contributed by atoms with Crippen LogP contribution in [0.3, 0.4) is 0 Å². The first kappa shape index (κ1) is 17.3. The number of nitrogens with zero attached hydrogens (tertiary/aromatic N) is 2. The van der Waals surface area contributed by atoms with Crippen molar-refractivity contribution in [3.8, 4) is 6.07 Å². The molecule has 2 aromatic rings. The van der Waals surface area contributed by atoms with Gasteiger partial charge in [-0.05, 0) is 67.0 Å². The van der Waals surface area contributed by atoms with Crippen LogP contribution in [0.1, 0.15) is 43.4 Å². The molecule has 1 fully saturated rings. The average molecular weight is 337 g/mol. The Kier molecular flexibility index (Phi) is 4.94. The SMILES string of the molecule is CCc1ccc(C#N)c(CC)c1N(CC1CC1)c1ccc(F)c(N)c1. The summed E-state index contributed by atoms with van der Waals surface area (Å²) in [6.45, 7) is 5.08. The Morgan fingerprint density at radius 3 is 2.52 bits per heavy atom. The largest absolute Gasteiger partial charge is 0.396 e. The third-order valence-corrected chi connectivity index (χ3v) is 4.92. The number of nitrogens with two attached hydrogens (primary N) is 1. The monoisotopic (exact) mass is 337 g/mol. The van der Waals surface area contributed by atoms with Gasteiger partial charge in [0.05, 0.1) is 17.3 Å². The fraction of sp³-hybridized carbons (Fsp3) is 0.381. The Morgan fingerprint density at radius 2 is 1.96 bits per heavy atom. The lowest BCUT2D eigenvalue weighted by atomic mass is 9.96. The van der Waals surface area contributed by atoms with Gasteiger partial charge in [-0.1, -0.05) is 19.9 Å². The summed E-state index contributed by atoms with van der Waals surface area (Å²) in [4.78, 5) is 2.24. The molecule has 130 valence electrons. The second kappa shape index (κ2) is 7.14. The van der Waals surface area contributed by atoms with Crippen LogP contribution in [-0.4, -0.2) is 6.54 Å². The predicted octanol–water partition coefficient (Wildman–Crippen LogP) is 4.95. The molecule has 0 atom stereocenters. The number of rotatable bonds is 6. The fourth-order valence-electron chi connectivity index (χ4n) is 3.35. The first-order valence-corrected chi connectivity index (χ1v) is 8.96. The molecule has 0 unspecified atom stereocenters. The molecule has 2 N–H and O–H groups in total. The van der Waals surface area contributed by atoms with Crippen LogP contribution < -0.4 is 10.6 Å². The smallest absolute Gasteiger partial charge is 0.146 e. The minimum atomic E-state index is -0.396. The molecular formula is C21H24FN3. The Bertz CT molecular complexity index is 819. The topological polar surface area (TPSA) is 53.0 Å². The number of aryl methyl sites for hydroxylation is 1. The zero-order valence-electron chi connectivity index (χ0n) is 14.8. The number of halogens is 1. The van der Waals surface area contributed by atoms with E-state index in [0.717, 1.165) is 36.3 Å². The van der Waals surface area contributed by atoms with Crippen LogP contribution in [0.5, 0.6) is 0 Å². The summed E-state index contributed by atoms with van der Waals surface area (Å²) in [5.74, 6) is 0.249. The second-order valence-corrected chi connectivity index (χ2v) is 6.68. The normalized spacial score (nSPS) is 13.5. The molecule has 4 heteroatoms. The van der Waals surface area contributed by atoms with Crippen molar-refractivity contribution in [2.45, 2.75) is 39.5 Å². The van der Waals surface area contributed by atoms with E-state index in [0.29, 0.717) is 11.5 Å². The first-order valence-electron chi connectivity index (χ1n) is 8.96. The molecule has 1 saturated carbocycles. The van der Waals surface area contributed by atoms with Gasteiger partial charge in [0.1, 0.15) is 5.82 Å². The fourth-order valence-corrected chi connectivity index (χ4v) is 3.35. The standard InChI is InChI=1S/C21H24FN3/c1-3-15-7-8-16(12-23)18(4-2)21(15)25(13-14-5-6-14)17-9-10-19(22)20(24)11-17/h7-11,14H,3-6,13,24H2,1-2H3. The van der Waals surface area contributed by atoms with E-state index in [4.69, 9.17) is 5.73 Å². The van der Waals surface area contributed by atoms with E-state index in [1.807, 2.05) is 12.1 Å². The number of benzene rings is 2. The van der Waals surface area contributed by atoms with Crippen molar-refractivity contribution < 1.29 is 4.39 Å². The maximum absolute atomic E-state index is 13.7. The highest BCUT2D eigenvalue weighted by Gasteiger charge is 2.28. The number of hydrogen-bond acceptors (Lipinski definition) is 3. The molecule has 3 nitrogen and oxygen atoms in total. The van der Waals surface area contributed by atoms with Crippen molar-refractivity contribution in [3.63, 3.8) is 0 Å². The van der Waals surface area contributed by atoms with Crippen LogP contribution in [0.25, 0.3) is 0 Å². The molecule has 0 saturated heterocycles. The van der Waals surface area contributed by atoms with Crippen LogP contribution >= 0.6 is 0 Å². The predicted molar refractivity (Wildman–Crippen MR) is 100 cm³/mol. The van der Waals surface area contributed by atoms with Crippen LogP contribution in [0.4, 0.5) is 21.5 Å². The Morgan fingerprint density at radius 1 is 1.20 bits per heavy atom. The van der Waals surface area contributed by atoms with Crippen molar-refractivity contribution in [2.75, 3.05) is 17.2 Å².